The predicted octanol–water partition coefficient (Wildman–Crippen LogP) is 3.74. The molecule has 4 atom stereocenters. The molecule has 2 amide bonds. The minimum atomic E-state index is -4.75. The third-order valence-electron chi connectivity index (χ3n) is 9.12. The highest BCUT2D eigenvalue weighted by Crippen LogP contribution is 2.49. The number of ketones is 1. The monoisotopic (exact) mass is 692 g/mol. The summed E-state index contributed by atoms with van der Waals surface area (Å²) in [5, 5.41) is 5.34. The normalized spacial score (nSPS) is 24.5. The van der Waals surface area contributed by atoms with Gasteiger partial charge in [-0.15, -0.1) is 0 Å². The van der Waals surface area contributed by atoms with E-state index in [1.54, 1.807) is 7.05 Å². The van der Waals surface area contributed by atoms with Crippen molar-refractivity contribution in [1.82, 2.24) is 15.5 Å². The van der Waals surface area contributed by atoms with E-state index in [0.29, 0.717) is 32.4 Å². The van der Waals surface area contributed by atoms with Crippen LogP contribution in [0.5, 0.6) is 0 Å². The number of carbonyl (C=O) groups is 3. The van der Waals surface area contributed by atoms with E-state index in [1.165, 1.54) is 32.0 Å². The fourth-order valence-electron chi connectivity index (χ4n) is 6.65. The zero-order valence-corrected chi connectivity index (χ0v) is 27.5. The summed E-state index contributed by atoms with van der Waals surface area (Å²) < 4.78 is 69.5. The van der Waals surface area contributed by atoms with Crippen LogP contribution in [0.2, 0.25) is 5.02 Å². The van der Waals surface area contributed by atoms with Gasteiger partial charge in [0.05, 0.1) is 33.3 Å². The summed E-state index contributed by atoms with van der Waals surface area (Å²) in [6.07, 6.45) is -3.30. The number of likely N-dealkylation sites (tertiary alicyclic amines) is 1. The van der Waals surface area contributed by atoms with E-state index in [0.717, 1.165) is 0 Å². The molecule has 0 spiro atoms. The number of benzene rings is 1. The molecule has 1 saturated heterocycles. The van der Waals surface area contributed by atoms with Crippen molar-refractivity contribution in [1.29, 1.82) is 0 Å². The first-order valence-electron chi connectivity index (χ1n) is 14.7. The molecule has 1 aliphatic carbocycles. The van der Waals surface area contributed by atoms with Crippen LogP contribution in [0.15, 0.2) is 45.0 Å². The summed E-state index contributed by atoms with van der Waals surface area (Å²) in [4.78, 5) is 40.5. The summed E-state index contributed by atoms with van der Waals surface area (Å²) in [7, 11) is -2.11. The average Bonchev–Trinajstić information content (AvgIpc) is 2.96. The summed E-state index contributed by atoms with van der Waals surface area (Å²) >= 11 is 12.7. The third-order valence-corrected chi connectivity index (χ3v) is 11.6. The fraction of sp³-hybridized carbons (Fsp3) is 0.567. The molecule has 3 unspecified atom stereocenters. The van der Waals surface area contributed by atoms with Crippen molar-refractivity contribution in [3.8, 4) is 0 Å². The number of sulfone groups is 1. The van der Waals surface area contributed by atoms with Crippen LogP contribution >= 0.6 is 23.2 Å². The van der Waals surface area contributed by atoms with Crippen molar-refractivity contribution < 1.29 is 36.0 Å². The molecule has 0 saturated carbocycles. The Hall–Kier alpha value is -2.45. The van der Waals surface area contributed by atoms with Gasteiger partial charge in [0.2, 0.25) is 11.8 Å². The average molecular weight is 694 g/mol. The van der Waals surface area contributed by atoms with Crippen molar-refractivity contribution in [3.05, 3.63) is 50.7 Å². The number of hydrogen-bond donors (Lipinski definition) is 3. The molecule has 1 aromatic carbocycles. The largest absolute Gasteiger partial charge is 0.396 e. The van der Waals surface area contributed by atoms with Gasteiger partial charge in [0.25, 0.3) is 0 Å². The van der Waals surface area contributed by atoms with Crippen LogP contribution in [0.25, 0.3) is 0 Å². The first-order valence-corrected chi connectivity index (χ1v) is 17.2. The number of nitrogens with two attached hydrogens (primary N) is 1. The minimum absolute atomic E-state index is 0.0975. The Kier molecular flexibility index (Phi) is 10.8. The number of hydrogen-bond acceptors (Lipinski definition) is 7. The molecule has 9 nitrogen and oxygen atoms in total. The number of allylic oxidation sites excluding steroid dienone is 2. The number of primary amides is 1. The molecule has 2 aliphatic heterocycles. The Labute approximate surface area is 270 Å². The molecule has 3 aliphatic rings. The Morgan fingerprint density at radius 2 is 1.84 bits per heavy atom. The highest BCUT2D eigenvalue weighted by atomic mass is 35.5. The first-order chi connectivity index (χ1) is 21.0. The maximum absolute atomic E-state index is 14.7. The lowest BCUT2D eigenvalue weighted by atomic mass is 9.71. The van der Waals surface area contributed by atoms with Crippen LogP contribution in [0.3, 0.4) is 0 Å². The summed E-state index contributed by atoms with van der Waals surface area (Å²) in [6, 6.07) is 3.53. The van der Waals surface area contributed by atoms with Gasteiger partial charge in [0.1, 0.15) is 5.92 Å². The van der Waals surface area contributed by atoms with Gasteiger partial charge >= 0.3 is 6.18 Å². The minimum Gasteiger partial charge on any atom is -0.368 e. The Bertz CT molecular complexity index is 1540. The fourth-order valence-corrected chi connectivity index (χ4v) is 8.30. The van der Waals surface area contributed by atoms with Crippen molar-refractivity contribution in [2.75, 3.05) is 32.4 Å². The number of likely N-dealkylation sites (N-methyl/N-ethyl adjacent to an activating group) is 1. The second-order valence-electron chi connectivity index (χ2n) is 11.9. The Balaban J connectivity index is 1.63. The lowest BCUT2D eigenvalue weighted by Gasteiger charge is -2.41. The van der Waals surface area contributed by atoms with Gasteiger partial charge in [-0.1, -0.05) is 37.0 Å². The molecule has 1 aromatic rings. The van der Waals surface area contributed by atoms with Crippen molar-refractivity contribution in [3.63, 3.8) is 0 Å². The molecule has 0 aromatic heterocycles. The van der Waals surface area contributed by atoms with Crippen LogP contribution in [-0.2, 0) is 30.6 Å². The van der Waals surface area contributed by atoms with E-state index >= 15 is 0 Å². The zero-order valence-electron chi connectivity index (χ0n) is 25.1. The second kappa shape index (κ2) is 13.7. The van der Waals surface area contributed by atoms with E-state index in [-0.39, 0.29) is 62.0 Å². The van der Waals surface area contributed by atoms with Crippen molar-refractivity contribution >= 4 is 50.6 Å². The molecule has 0 radical (unpaired) electrons. The summed E-state index contributed by atoms with van der Waals surface area (Å²) in [5.41, 5.74) is 5.06. The lowest BCUT2D eigenvalue weighted by Crippen LogP contribution is -2.50. The second-order valence-corrected chi connectivity index (χ2v) is 15.0. The maximum Gasteiger partial charge on any atom is 0.396 e. The molecule has 248 valence electrons. The Morgan fingerprint density at radius 1 is 1.20 bits per heavy atom. The quantitative estimate of drug-likeness (QED) is 0.318. The van der Waals surface area contributed by atoms with Crippen LogP contribution in [0.1, 0.15) is 38.7 Å². The number of nitrogens with zero attached hydrogens (tertiary/aromatic N) is 1. The summed E-state index contributed by atoms with van der Waals surface area (Å²) in [6.45, 7) is 3.56. The van der Waals surface area contributed by atoms with Gasteiger partial charge < -0.3 is 16.4 Å². The topological polar surface area (TPSA) is 139 Å². The van der Waals surface area contributed by atoms with E-state index in [1.807, 2.05) is 4.90 Å². The number of piperidine rings is 1. The van der Waals surface area contributed by atoms with Crippen molar-refractivity contribution in [2.45, 2.75) is 56.6 Å². The number of carbonyl (C=O) groups excluding carboxylic acids is 3. The maximum atomic E-state index is 14.7. The molecular formula is C30H37Cl2F3N4O5S. The van der Waals surface area contributed by atoms with Gasteiger partial charge in [0, 0.05) is 23.1 Å². The number of halogens is 5. The lowest BCUT2D eigenvalue weighted by molar-refractivity contribution is -0.175. The number of rotatable bonds is 10. The molecule has 4 rings (SSSR count). The van der Waals surface area contributed by atoms with Gasteiger partial charge in [0.15, 0.2) is 15.6 Å². The molecule has 0 bridgehead atoms. The zero-order chi connectivity index (χ0) is 33.4. The molecule has 45 heavy (non-hydrogen) atoms. The van der Waals surface area contributed by atoms with E-state index < -0.39 is 57.4 Å². The smallest absolute Gasteiger partial charge is 0.368 e. The molecule has 4 N–H and O–H groups in total. The Morgan fingerprint density at radius 3 is 2.40 bits per heavy atom. The van der Waals surface area contributed by atoms with Crippen LogP contribution in [0, 0.1) is 23.7 Å². The van der Waals surface area contributed by atoms with Gasteiger partial charge in [-0.3, -0.25) is 19.3 Å². The number of Topliss-reactive ketones (excluding diaryl/α,β-unsaturated/α-hetero) is 1. The summed E-state index contributed by atoms with van der Waals surface area (Å²) in [5.74, 6) is -7.08. The predicted molar refractivity (Wildman–Crippen MR) is 164 cm³/mol. The van der Waals surface area contributed by atoms with E-state index in [2.05, 4.69) is 10.6 Å². The highest BCUT2D eigenvalue weighted by Gasteiger charge is 2.54. The van der Waals surface area contributed by atoms with E-state index in [9.17, 15) is 36.0 Å². The van der Waals surface area contributed by atoms with Gasteiger partial charge in [-0.25, -0.2) is 8.42 Å². The number of amides is 2. The van der Waals surface area contributed by atoms with Crippen LogP contribution in [-0.4, -0.2) is 75.6 Å². The SMILES string of the molecule is CCS(=O)(=O)c1ccc(Cl)cc1CC1C(=O)NC2=C(C1=O)C(C)C(C(F)(F)F)C(CN1CCC(C[C@@H](NC)C(N)=O)CC1)=C2Cl. The number of nitrogens with one attached hydrogen (secondary N) is 2. The molecule has 1 fully saturated rings. The van der Waals surface area contributed by atoms with Crippen LogP contribution in [0.4, 0.5) is 13.2 Å². The van der Waals surface area contributed by atoms with Crippen LogP contribution < -0.4 is 16.4 Å². The van der Waals surface area contributed by atoms with Gasteiger partial charge in [-0.05, 0) is 81.1 Å². The highest BCUT2D eigenvalue weighted by molar-refractivity contribution is 7.91. The first kappa shape index (κ1) is 35.4. The molecular weight excluding hydrogens is 656 g/mol. The molecule has 15 heteroatoms. The number of alkyl halides is 3. The van der Waals surface area contributed by atoms with E-state index in [4.69, 9.17) is 28.9 Å². The van der Waals surface area contributed by atoms with Gasteiger partial charge in [-0.2, -0.15) is 13.2 Å². The standard InChI is InChI=1S/C30H37Cl2F3N4O5S/c1-4-45(43,44)22-6-5-18(31)12-17(22)13-19-27(40)23-15(2)24(30(33,34)35)20(25(32)26(23)38-29(19)42)14-39-9-7-16(8-10-39)11-21(37-3)28(36)41/h5-6,12,15-16,19,21,24,37H,4,7-11,13-14H2,1-3H3,(H2,36,41)(H,38,42)/t15?,19?,21-,24?/m1/s1. The molecule has 2 heterocycles. The van der Waals surface area contributed by atoms with Crippen molar-refractivity contribution in [2.24, 2.45) is 29.4 Å². The third kappa shape index (κ3) is 7.43.